The predicted molar refractivity (Wildman–Crippen MR) is 129 cm³/mol. The first-order valence-electron chi connectivity index (χ1n) is 11.4. The molecule has 1 saturated heterocycles. The molecule has 11 nitrogen and oxygen atoms in total. The zero-order valence-corrected chi connectivity index (χ0v) is 20.8. The number of aryl methyl sites for hydroxylation is 1. The van der Waals surface area contributed by atoms with Crippen LogP contribution in [0.4, 0.5) is 4.39 Å². The quantitative estimate of drug-likeness (QED) is 0.390. The molecule has 0 bridgehead atoms. The molecule has 1 aromatic heterocycles. The van der Waals surface area contributed by atoms with Crippen molar-refractivity contribution in [2.45, 2.75) is 32.0 Å². The lowest BCUT2D eigenvalue weighted by atomic mass is 10.0. The summed E-state index contributed by atoms with van der Waals surface area (Å²) in [6.45, 7) is 2.21. The molecule has 194 valence electrons. The van der Waals surface area contributed by atoms with E-state index in [1.165, 1.54) is 27.9 Å². The molecule has 2 aliphatic heterocycles. The molecule has 0 aliphatic carbocycles. The van der Waals surface area contributed by atoms with Crippen LogP contribution in [0.3, 0.4) is 0 Å². The molecule has 1 aromatic carbocycles. The van der Waals surface area contributed by atoms with Crippen molar-refractivity contribution in [3.63, 3.8) is 0 Å². The predicted octanol–water partition coefficient (Wildman–Crippen LogP) is 0.758. The van der Waals surface area contributed by atoms with Crippen LogP contribution in [-0.2, 0) is 11.3 Å². The number of hydrogen-bond acceptors (Lipinski definition) is 8. The second kappa shape index (κ2) is 10.1. The van der Waals surface area contributed by atoms with Crippen LogP contribution in [0.1, 0.15) is 44.8 Å². The van der Waals surface area contributed by atoms with Gasteiger partial charge in [0.05, 0.1) is 13.2 Å². The molecule has 3 heterocycles. The van der Waals surface area contributed by atoms with E-state index in [1.807, 2.05) is 0 Å². The Morgan fingerprint density at radius 3 is 2.69 bits per heavy atom. The van der Waals surface area contributed by atoms with Gasteiger partial charge in [0.25, 0.3) is 11.8 Å². The van der Waals surface area contributed by atoms with Crippen molar-refractivity contribution in [3.8, 4) is 5.75 Å². The third-order valence-corrected chi connectivity index (χ3v) is 7.37. The van der Waals surface area contributed by atoms with Crippen LogP contribution in [0.2, 0.25) is 0 Å². The molecule has 36 heavy (non-hydrogen) atoms. The Kier molecular flexibility index (Phi) is 7.33. The average Bonchev–Trinajstić information content (AvgIpc) is 3.31. The summed E-state index contributed by atoms with van der Waals surface area (Å²) >= 11 is 0. The number of halogens is 1. The van der Waals surface area contributed by atoms with Gasteiger partial charge in [-0.1, -0.05) is 12.1 Å². The third-order valence-electron chi connectivity index (χ3n) is 6.65. The molecule has 4 N–H and O–H groups in total. The summed E-state index contributed by atoms with van der Waals surface area (Å²) in [5.41, 5.74) is -1.75. The minimum Gasteiger partial charge on any atom is -0.502 e. The zero-order chi connectivity index (χ0) is 26.2. The van der Waals surface area contributed by atoms with Gasteiger partial charge in [0, 0.05) is 44.5 Å². The van der Waals surface area contributed by atoms with Gasteiger partial charge < -0.3 is 29.8 Å². The van der Waals surface area contributed by atoms with Crippen LogP contribution in [-0.4, -0.2) is 74.9 Å². The highest BCUT2D eigenvalue weighted by molar-refractivity contribution is 7.45. The van der Waals surface area contributed by atoms with Crippen LogP contribution < -0.4 is 15.8 Å². The molecule has 2 aromatic rings. The van der Waals surface area contributed by atoms with Gasteiger partial charge in [0.15, 0.2) is 25.5 Å². The number of carbonyl (C=O) groups excluding carboxylic acids is 2. The topological polar surface area (TPSA) is 145 Å². The summed E-state index contributed by atoms with van der Waals surface area (Å²) in [5, 5.41) is 14.9. The fourth-order valence-corrected chi connectivity index (χ4v) is 5.06. The molecule has 2 aliphatic rings. The van der Waals surface area contributed by atoms with Crippen LogP contribution in [0.15, 0.2) is 29.2 Å². The first-order chi connectivity index (χ1) is 17.1. The zero-order valence-electron chi connectivity index (χ0n) is 19.9. The number of ether oxygens (including phenoxy) is 1. The van der Waals surface area contributed by atoms with E-state index in [0.29, 0.717) is 19.4 Å². The number of likely N-dealkylation sites (N-methyl/N-ethyl adjacent to an activating group) is 1. The van der Waals surface area contributed by atoms with Gasteiger partial charge in [-0.2, -0.15) is 0 Å². The van der Waals surface area contributed by atoms with Gasteiger partial charge in [-0.25, -0.2) is 4.39 Å². The van der Waals surface area contributed by atoms with Crippen molar-refractivity contribution in [2.75, 3.05) is 38.0 Å². The number of hydrogen-bond donors (Lipinski definition) is 4. The fourth-order valence-electron chi connectivity index (χ4n) is 4.64. The Balaban J connectivity index is 1.67. The second-order valence-electron chi connectivity index (χ2n) is 8.91. The number of pyridine rings is 1. The summed E-state index contributed by atoms with van der Waals surface area (Å²) in [6.07, 6.45) is 2.00. The lowest BCUT2D eigenvalue weighted by Crippen LogP contribution is -2.70. The molecule has 0 radical (unpaired) electrons. The lowest BCUT2D eigenvalue weighted by molar-refractivity contribution is 0.0223. The number of nitrogens with zero attached hydrogens (tertiary/aromatic N) is 3. The summed E-state index contributed by atoms with van der Waals surface area (Å²) < 4.78 is 21.0. The maximum absolute atomic E-state index is 14.2. The first kappa shape index (κ1) is 26.0. The number of aromatic nitrogens is 1. The standard InChI is InChI=1S/C23H28FN4O7P/c1-14-4-5-15(17(24)10-14)11-25-21(31)16-12-28-18(20(30)19(16)29)22(32)27(7-3-9-36(33)34)23(26(28)2)6-8-35-13-23/h4-5,10,12,30,33-34H,3,6-9,11,13H2,1-2H3,(H,25,31). The van der Waals surface area contributed by atoms with E-state index in [0.717, 1.165) is 5.56 Å². The van der Waals surface area contributed by atoms with Crippen molar-refractivity contribution >= 4 is 20.2 Å². The third kappa shape index (κ3) is 4.57. The average molecular weight is 522 g/mol. The van der Waals surface area contributed by atoms with Crippen molar-refractivity contribution in [1.82, 2.24) is 14.9 Å². The van der Waals surface area contributed by atoms with Crippen LogP contribution in [0.5, 0.6) is 5.75 Å². The molecule has 1 atom stereocenters. The van der Waals surface area contributed by atoms with E-state index >= 15 is 0 Å². The fraction of sp³-hybridized carbons (Fsp3) is 0.435. The summed E-state index contributed by atoms with van der Waals surface area (Å²) in [7, 11) is -0.483. The molecule has 0 saturated carbocycles. The minimum atomic E-state index is -2.13. The van der Waals surface area contributed by atoms with E-state index in [1.54, 1.807) is 25.0 Å². The number of fused-ring (bicyclic) bond motifs is 1. The molecule has 13 heteroatoms. The first-order valence-corrected chi connectivity index (χ1v) is 12.8. The van der Waals surface area contributed by atoms with Gasteiger partial charge in [-0.3, -0.25) is 24.1 Å². The highest BCUT2D eigenvalue weighted by Gasteiger charge is 2.52. The van der Waals surface area contributed by atoms with Gasteiger partial charge in [0.1, 0.15) is 11.4 Å². The van der Waals surface area contributed by atoms with Crippen molar-refractivity contribution in [2.24, 2.45) is 0 Å². The Morgan fingerprint density at radius 1 is 1.31 bits per heavy atom. The highest BCUT2D eigenvalue weighted by atomic mass is 31.2. The summed E-state index contributed by atoms with van der Waals surface area (Å²) in [6, 6.07) is 4.56. The number of aromatic hydroxyl groups is 1. The number of rotatable bonds is 7. The van der Waals surface area contributed by atoms with E-state index in [2.05, 4.69) is 5.32 Å². The van der Waals surface area contributed by atoms with E-state index in [-0.39, 0.29) is 37.1 Å². The lowest BCUT2D eigenvalue weighted by Gasteiger charge is -2.51. The van der Waals surface area contributed by atoms with Gasteiger partial charge >= 0.3 is 0 Å². The molecule has 1 spiro atoms. The van der Waals surface area contributed by atoms with E-state index in [9.17, 15) is 33.7 Å². The summed E-state index contributed by atoms with van der Waals surface area (Å²) in [4.78, 5) is 59.3. The largest absolute Gasteiger partial charge is 0.502 e. The molecular weight excluding hydrogens is 494 g/mol. The Hall–Kier alpha value is -3.05. The SMILES string of the molecule is Cc1ccc(CNC(=O)c2cn3c(c(O)c2=O)C(=O)N(CCCP(O)O)C2(CCOC2)N3C)c(F)c1. The van der Waals surface area contributed by atoms with Crippen LogP contribution in [0, 0.1) is 12.7 Å². The monoisotopic (exact) mass is 522 g/mol. The number of benzene rings is 1. The van der Waals surface area contributed by atoms with Crippen LogP contribution >= 0.6 is 8.38 Å². The number of amides is 2. The summed E-state index contributed by atoms with van der Waals surface area (Å²) in [5.74, 6) is -2.85. The Morgan fingerprint density at radius 2 is 2.06 bits per heavy atom. The molecular formula is C23H28FN4O7P. The normalized spacial score (nSPS) is 19.3. The molecule has 4 rings (SSSR count). The Bertz CT molecular complexity index is 1250. The van der Waals surface area contributed by atoms with Crippen molar-refractivity contribution in [3.05, 3.63) is 62.8 Å². The molecule has 1 unspecified atom stereocenters. The number of nitrogens with one attached hydrogen (secondary N) is 1. The molecule has 2 amide bonds. The highest BCUT2D eigenvalue weighted by Crippen LogP contribution is 2.36. The maximum Gasteiger partial charge on any atom is 0.278 e. The molecule has 1 fully saturated rings. The number of carbonyl (C=O) groups is 2. The van der Waals surface area contributed by atoms with E-state index < -0.39 is 48.4 Å². The van der Waals surface area contributed by atoms with E-state index in [4.69, 9.17) is 4.74 Å². The van der Waals surface area contributed by atoms with Gasteiger partial charge in [0.2, 0.25) is 5.43 Å². The van der Waals surface area contributed by atoms with Crippen LogP contribution in [0.25, 0.3) is 0 Å². The second-order valence-corrected chi connectivity index (χ2v) is 10.1. The smallest absolute Gasteiger partial charge is 0.278 e. The minimum absolute atomic E-state index is 0.0965. The van der Waals surface area contributed by atoms with Gasteiger partial charge in [-0.15, -0.1) is 0 Å². The van der Waals surface area contributed by atoms with Gasteiger partial charge in [-0.05, 0) is 25.0 Å². The van der Waals surface area contributed by atoms with Crippen molar-refractivity contribution < 1.29 is 33.6 Å². The van der Waals surface area contributed by atoms with Crippen molar-refractivity contribution in [1.29, 1.82) is 0 Å². The maximum atomic E-state index is 14.2. The Labute approximate surface area is 207 Å².